The quantitative estimate of drug-likeness (QED) is 0.898. The number of aromatic nitrogens is 2. The second-order valence-electron chi connectivity index (χ2n) is 4.46. The van der Waals surface area contributed by atoms with Gasteiger partial charge in [0.2, 0.25) is 21.7 Å². The number of rotatable bonds is 5. The van der Waals surface area contributed by atoms with Crippen LogP contribution >= 0.6 is 0 Å². The van der Waals surface area contributed by atoms with E-state index in [-0.39, 0.29) is 11.3 Å². The minimum absolute atomic E-state index is 0.0844. The summed E-state index contributed by atoms with van der Waals surface area (Å²) in [4.78, 5) is 15.9. The van der Waals surface area contributed by atoms with Gasteiger partial charge >= 0.3 is 0 Å². The van der Waals surface area contributed by atoms with Crippen molar-refractivity contribution in [3.8, 4) is 11.4 Å². The summed E-state index contributed by atoms with van der Waals surface area (Å²) in [5.41, 5.74) is 0.929. The maximum absolute atomic E-state index is 11.8. The van der Waals surface area contributed by atoms with Crippen LogP contribution in [0.25, 0.3) is 11.4 Å². The zero-order chi connectivity index (χ0) is 15.5. The van der Waals surface area contributed by atoms with Gasteiger partial charge in [0.15, 0.2) is 0 Å². The highest BCUT2D eigenvalue weighted by molar-refractivity contribution is 7.90. The molecule has 1 heterocycles. The third kappa shape index (κ3) is 3.88. The third-order valence-electron chi connectivity index (χ3n) is 2.65. The van der Waals surface area contributed by atoms with E-state index in [0.29, 0.717) is 23.7 Å². The van der Waals surface area contributed by atoms with E-state index in [2.05, 4.69) is 10.1 Å². The summed E-state index contributed by atoms with van der Waals surface area (Å²) in [6.45, 7) is 3.41. The Labute approximate surface area is 122 Å². The summed E-state index contributed by atoms with van der Waals surface area (Å²) in [5, 5.41) is 3.76. The molecule has 0 atom stereocenters. The number of nitrogens with zero attached hydrogens (tertiary/aromatic N) is 2. The summed E-state index contributed by atoms with van der Waals surface area (Å²) >= 11 is 0. The zero-order valence-corrected chi connectivity index (χ0v) is 12.5. The van der Waals surface area contributed by atoms with Gasteiger partial charge in [-0.1, -0.05) is 24.2 Å². The molecule has 0 radical (unpaired) electrons. The van der Waals surface area contributed by atoms with Crippen molar-refractivity contribution in [3.63, 3.8) is 0 Å². The first-order valence-electron chi connectivity index (χ1n) is 6.37. The lowest BCUT2D eigenvalue weighted by Crippen LogP contribution is -2.32. The van der Waals surface area contributed by atoms with E-state index in [9.17, 15) is 13.2 Å². The largest absolute Gasteiger partial charge is 0.339 e. The Balaban J connectivity index is 2.14. The molecule has 0 aliphatic carbocycles. The van der Waals surface area contributed by atoms with Crippen molar-refractivity contribution < 1.29 is 17.7 Å². The molecule has 0 saturated heterocycles. The summed E-state index contributed by atoms with van der Waals surface area (Å²) in [6.07, 6.45) is 0.443. The van der Waals surface area contributed by atoms with Gasteiger partial charge in [-0.25, -0.2) is 13.1 Å². The van der Waals surface area contributed by atoms with Crippen molar-refractivity contribution in [2.45, 2.75) is 20.3 Å². The van der Waals surface area contributed by atoms with Crippen molar-refractivity contribution in [2.24, 2.45) is 0 Å². The number of sulfonamides is 1. The molecule has 1 N–H and O–H groups in total. The average molecular weight is 309 g/mol. The molecule has 0 saturated carbocycles. The fourth-order valence-corrected chi connectivity index (χ4v) is 2.75. The molecular weight excluding hydrogens is 294 g/mol. The standard InChI is InChI=1S/C13H15N3O4S/c1-3-8-21(18,19)16-13(17)11-6-4-10(5-7-11)12-14-9(2)20-15-12/h4-7H,3,8H2,1-2H3,(H,16,17). The maximum atomic E-state index is 11.8. The Morgan fingerprint density at radius 2 is 1.95 bits per heavy atom. The maximum Gasteiger partial charge on any atom is 0.264 e. The van der Waals surface area contributed by atoms with Crippen LogP contribution in [0.1, 0.15) is 29.6 Å². The first-order chi connectivity index (χ1) is 9.91. The van der Waals surface area contributed by atoms with Gasteiger partial charge in [-0.3, -0.25) is 4.79 Å². The number of carbonyl (C=O) groups is 1. The van der Waals surface area contributed by atoms with Crippen molar-refractivity contribution in [1.29, 1.82) is 0 Å². The highest BCUT2D eigenvalue weighted by Gasteiger charge is 2.15. The second kappa shape index (κ2) is 6.04. The molecule has 1 amide bonds. The predicted molar refractivity (Wildman–Crippen MR) is 76.0 cm³/mol. The van der Waals surface area contributed by atoms with E-state index in [1.807, 2.05) is 4.72 Å². The van der Waals surface area contributed by atoms with Crippen LogP contribution in [0.2, 0.25) is 0 Å². The molecule has 2 aromatic rings. The van der Waals surface area contributed by atoms with Crippen LogP contribution in [0.5, 0.6) is 0 Å². The van der Waals surface area contributed by atoms with E-state index in [4.69, 9.17) is 4.52 Å². The van der Waals surface area contributed by atoms with Gasteiger partial charge in [-0.2, -0.15) is 4.98 Å². The van der Waals surface area contributed by atoms with Crippen LogP contribution in [-0.2, 0) is 10.0 Å². The van der Waals surface area contributed by atoms with Crippen LogP contribution in [0.4, 0.5) is 0 Å². The molecule has 0 unspecified atom stereocenters. The lowest BCUT2D eigenvalue weighted by Gasteiger charge is -2.05. The smallest absolute Gasteiger partial charge is 0.264 e. The molecule has 1 aromatic carbocycles. The van der Waals surface area contributed by atoms with Gasteiger partial charge in [0.05, 0.1) is 5.75 Å². The van der Waals surface area contributed by atoms with Crippen molar-refractivity contribution in [3.05, 3.63) is 35.7 Å². The van der Waals surface area contributed by atoms with Crippen LogP contribution in [-0.4, -0.2) is 30.2 Å². The molecule has 0 aliphatic heterocycles. The monoisotopic (exact) mass is 309 g/mol. The fourth-order valence-electron chi connectivity index (χ4n) is 1.71. The molecular formula is C13H15N3O4S. The van der Waals surface area contributed by atoms with Gasteiger partial charge in [0.1, 0.15) is 0 Å². The van der Waals surface area contributed by atoms with Crippen molar-refractivity contribution in [2.75, 3.05) is 5.75 Å². The highest BCUT2D eigenvalue weighted by Crippen LogP contribution is 2.16. The number of hydrogen-bond acceptors (Lipinski definition) is 6. The number of amides is 1. The summed E-state index contributed by atoms with van der Waals surface area (Å²) < 4.78 is 30.0. The SMILES string of the molecule is CCCS(=O)(=O)NC(=O)c1ccc(-c2noc(C)n2)cc1. The van der Waals surface area contributed by atoms with Gasteiger partial charge < -0.3 is 4.52 Å². The lowest BCUT2D eigenvalue weighted by atomic mass is 10.1. The predicted octanol–water partition coefficient (Wildman–Crippen LogP) is 1.51. The molecule has 0 bridgehead atoms. The molecule has 7 nitrogen and oxygen atoms in total. The second-order valence-corrected chi connectivity index (χ2v) is 6.31. The number of nitrogens with one attached hydrogen (secondary N) is 1. The topological polar surface area (TPSA) is 102 Å². The minimum Gasteiger partial charge on any atom is -0.339 e. The summed E-state index contributed by atoms with van der Waals surface area (Å²) in [6, 6.07) is 6.28. The number of aryl methyl sites for hydroxylation is 1. The normalized spacial score (nSPS) is 11.3. The van der Waals surface area contributed by atoms with Gasteiger partial charge in [0.25, 0.3) is 5.91 Å². The average Bonchev–Trinajstić information content (AvgIpc) is 2.85. The van der Waals surface area contributed by atoms with Crippen LogP contribution in [0, 0.1) is 6.92 Å². The molecule has 0 spiro atoms. The van der Waals surface area contributed by atoms with Crippen LogP contribution < -0.4 is 4.72 Å². The van der Waals surface area contributed by atoms with E-state index < -0.39 is 15.9 Å². The van der Waals surface area contributed by atoms with Gasteiger partial charge in [-0.15, -0.1) is 0 Å². The highest BCUT2D eigenvalue weighted by atomic mass is 32.2. The summed E-state index contributed by atoms with van der Waals surface area (Å²) in [7, 11) is -3.58. The summed E-state index contributed by atoms with van der Waals surface area (Å²) in [5.74, 6) is 0.119. The number of hydrogen-bond donors (Lipinski definition) is 1. The first kappa shape index (κ1) is 15.2. The van der Waals surface area contributed by atoms with E-state index >= 15 is 0 Å². The Bertz CT molecular complexity index is 735. The Morgan fingerprint density at radius 3 is 2.48 bits per heavy atom. The van der Waals surface area contributed by atoms with E-state index in [1.165, 1.54) is 12.1 Å². The Hall–Kier alpha value is -2.22. The fraction of sp³-hybridized carbons (Fsp3) is 0.308. The number of benzene rings is 1. The van der Waals surface area contributed by atoms with Crippen molar-refractivity contribution >= 4 is 15.9 Å². The molecule has 8 heteroatoms. The lowest BCUT2D eigenvalue weighted by molar-refractivity contribution is 0.0981. The molecule has 0 fully saturated rings. The molecule has 2 rings (SSSR count). The third-order valence-corrected chi connectivity index (χ3v) is 4.10. The first-order valence-corrected chi connectivity index (χ1v) is 8.02. The van der Waals surface area contributed by atoms with E-state index in [1.54, 1.807) is 26.0 Å². The van der Waals surface area contributed by atoms with Crippen LogP contribution in [0.3, 0.4) is 0 Å². The Morgan fingerprint density at radius 1 is 1.29 bits per heavy atom. The number of carbonyl (C=O) groups excluding carboxylic acids is 1. The van der Waals surface area contributed by atoms with Crippen molar-refractivity contribution in [1.82, 2.24) is 14.9 Å². The zero-order valence-electron chi connectivity index (χ0n) is 11.7. The molecule has 1 aromatic heterocycles. The van der Waals surface area contributed by atoms with Gasteiger partial charge in [-0.05, 0) is 18.6 Å². The Kier molecular flexibility index (Phi) is 4.37. The molecule has 21 heavy (non-hydrogen) atoms. The van der Waals surface area contributed by atoms with E-state index in [0.717, 1.165) is 0 Å². The molecule has 0 aliphatic rings. The van der Waals surface area contributed by atoms with Gasteiger partial charge in [0, 0.05) is 18.1 Å². The van der Waals surface area contributed by atoms with Crippen LogP contribution in [0.15, 0.2) is 28.8 Å². The molecule has 112 valence electrons. The minimum atomic E-state index is -3.58.